The van der Waals surface area contributed by atoms with Crippen LogP contribution >= 0.6 is 0 Å². The average molecular weight is 264 g/mol. The molecule has 0 bridgehead atoms. The Balaban J connectivity index is 1.90. The van der Waals surface area contributed by atoms with Crippen LogP contribution in [0.3, 0.4) is 0 Å². The zero-order valence-electron chi connectivity index (χ0n) is 11.6. The largest absolute Gasteiger partial charge is 0.395 e. The van der Waals surface area contributed by atoms with Gasteiger partial charge in [0.15, 0.2) is 0 Å². The van der Waals surface area contributed by atoms with E-state index in [0.717, 1.165) is 37.0 Å². The summed E-state index contributed by atoms with van der Waals surface area (Å²) in [6.45, 7) is 4.90. The molecule has 1 aromatic rings. The van der Waals surface area contributed by atoms with Crippen LogP contribution < -0.4 is 11.1 Å². The molecule has 1 heterocycles. The molecular weight excluding hydrogens is 238 g/mol. The SMILES string of the molecule is NC[N+]1(Cc2ccccc2)CCC(NCCO)CC1. The summed E-state index contributed by atoms with van der Waals surface area (Å²) < 4.78 is 0.987. The van der Waals surface area contributed by atoms with Crippen LogP contribution in [-0.2, 0) is 6.54 Å². The third-order valence-corrected chi connectivity index (χ3v) is 4.20. The fourth-order valence-electron chi connectivity index (χ4n) is 2.96. The molecule has 0 radical (unpaired) electrons. The average Bonchev–Trinajstić information content (AvgIpc) is 2.48. The van der Waals surface area contributed by atoms with E-state index in [1.807, 2.05) is 0 Å². The molecule has 0 atom stereocenters. The second-order valence-corrected chi connectivity index (χ2v) is 5.57. The molecule has 0 spiro atoms. The van der Waals surface area contributed by atoms with E-state index in [0.29, 0.717) is 19.3 Å². The highest BCUT2D eigenvalue weighted by Gasteiger charge is 2.32. The van der Waals surface area contributed by atoms with Crippen molar-refractivity contribution in [3.63, 3.8) is 0 Å². The maximum Gasteiger partial charge on any atom is 0.130 e. The first-order chi connectivity index (χ1) is 9.28. The summed E-state index contributed by atoms with van der Waals surface area (Å²) in [6, 6.07) is 11.2. The van der Waals surface area contributed by atoms with Crippen molar-refractivity contribution in [1.29, 1.82) is 0 Å². The Morgan fingerprint density at radius 3 is 2.47 bits per heavy atom. The first-order valence-electron chi connectivity index (χ1n) is 7.21. The van der Waals surface area contributed by atoms with Crippen LogP contribution in [0.25, 0.3) is 0 Å². The Morgan fingerprint density at radius 2 is 1.89 bits per heavy atom. The molecular formula is C15H26N3O+. The van der Waals surface area contributed by atoms with Crippen molar-refractivity contribution in [3.05, 3.63) is 35.9 Å². The van der Waals surface area contributed by atoms with Crippen molar-refractivity contribution in [3.8, 4) is 0 Å². The fourth-order valence-corrected chi connectivity index (χ4v) is 2.96. The van der Waals surface area contributed by atoms with Crippen LogP contribution in [-0.4, -0.2) is 48.5 Å². The number of nitrogens with two attached hydrogens (primary N) is 1. The number of aliphatic hydroxyl groups is 1. The van der Waals surface area contributed by atoms with Gasteiger partial charge in [-0.2, -0.15) is 0 Å². The van der Waals surface area contributed by atoms with Crippen LogP contribution in [0.1, 0.15) is 18.4 Å². The Hall–Kier alpha value is -0.940. The Kier molecular flexibility index (Phi) is 5.34. The molecule has 0 aromatic heterocycles. The number of quaternary nitrogens is 1. The van der Waals surface area contributed by atoms with Gasteiger partial charge in [0.05, 0.1) is 19.7 Å². The number of nitrogens with zero attached hydrogens (tertiary/aromatic N) is 1. The van der Waals surface area contributed by atoms with Gasteiger partial charge in [0.25, 0.3) is 0 Å². The van der Waals surface area contributed by atoms with E-state index in [2.05, 4.69) is 35.6 Å². The van der Waals surface area contributed by atoms with Gasteiger partial charge >= 0.3 is 0 Å². The molecule has 1 fully saturated rings. The lowest BCUT2D eigenvalue weighted by molar-refractivity contribution is -0.945. The number of likely N-dealkylation sites (tertiary alicyclic amines) is 1. The minimum Gasteiger partial charge on any atom is -0.395 e. The molecule has 4 heteroatoms. The van der Waals surface area contributed by atoms with Crippen molar-refractivity contribution in [1.82, 2.24) is 5.32 Å². The zero-order valence-corrected chi connectivity index (χ0v) is 11.6. The minimum absolute atomic E-state index is 0.220. The van der Waals surface area contributed by atoms with Crippen molar-refractivity contribution in [2.75, 3.05) is 32.9 Å². The van der Waals surface area contributed by atoms with Gasteiger partial charge in [0.2, 0.25) is 0 Å². The first-order valence-corrected chi connectivity index (χ1v) is 7.21. The zero-order chi connectivity index (χ0) is 13.6. The standard InChI is InChI=1S/C15H26N3O/c16-13-18(12-14-4-2-1-3-5-14)9-6-15(7-10-18)17-8-11-19/h1-5,15,17,19H,6-13,16H2/q+1. The first kappa shape index (κ1) is 14.5. The third-order valence-electron chi connectivity index (χ3n) is 4.20. The van der Waals surface area contributed by atoms with Crippen LogP contribution in [0.4, 0.5) is 0 Å². The summed E-state index contributed by atoms with van der Waals surface area (Å²) >= 11 is 0. The van der Waals surface area contributed by atoms with E-state index >= 15 is 0 Å². The predicted molar refractivity (Wildman–Crippen MR) is 77.3 cm³/mol. The van der Waals surface area contributed by atoms with Crippen molar-refractivity contribution >= 4 is 0 Å². The maximum absolute atomic E-state index is 8.85. The summed E-state index contributed by atoms with van der Waals surface area (Å²) in [6.07, 6.45) is 2.29. The van der Waals surface area contributed by atoms with Crippen LogP contribution in [0.5, 0.6) is 0 Å². The van der Waals surface area contributed by atoms with Gasteiger partial charge in [0.1, 0.15) is 13.2 Å². The molecule has 19 heavy (non-hydrogen) atoms. The van der Waals surface area contributed by atoms with Gasteiger partial charge in [-0.1, -0.05) is 30.3 Å². The molecule has 2 rings (SSSR count). The lowest BCUT2D eigenvalue weighted by Gasteiger charge is -2.43. The number of hydrogen-bond acceptors (Lipinski definition) is 3. The molecule has 4 N–H and O–H groups in total. The lowest BCUT2D eigenvalue weighted by atomic mass is 10.0. The Bertz CT molecular complexity index is 361. The summed E-state index contributed by atoms with van der Waals surface area (Å²) in [5, 5.41) is 12.3. The van der Waals surface area contributed by atoms with Gasteiger partial charge in [-0.05, 0) is 0 Å². The second-order valence-electron chi connectivity index (χ2n) is 5.57. The number of rotatable bonds is 6. The van der Waals surface area contributed by atoms with Crippen LogP contribution in [0.15, 0.2) is 30.3 Å². The maximum atomic E-state index is 8.85. The van der Waals surface area contributed by atoms with E-state index in [1.165, 1.54) is 5.56 Å². The molecule has 0 aliphatic carbocycles. The van der Waals surface area contributed by atoms with Gasteiger partial charge in [-0.3, -0.25) is 5.73 Å². The fraction of sp³-hybridized carbons (Fsp3) is 0.600. The van der Waals surface area contributed by atoms with E-state index in [9.17, 15) is 0 Å². The summed E-state index contributed by atoms with van der Waals surface area (Å²) in [5.74, 6) is 0. The summed E-state index contributed by atoms with van der Waals surface area (Å²) in [5.41, 5.74) is 7.41. The van der Waals surface area contributed by atoms with Crippen LogP contribution in [0.2, 0.25) is 0 Å². The highest BCUT2D eigenvalue weighted by atomic mass is 16.3. The molecule has 1 aliphatic rings. The molecule has 0 saturated carbocycles. The van der Waals surface area contributed by atoms with Gasteiger partial charge in [0, 0.05) is 31.0 Å². The number of hydrogen-bond donors (Lipinski definition) is 3. The highest BCUT2D eigenvalue weighted by molar-refractivity contribution is 5.13. The van der Waals surface area contributed by atoms with Crippen molar-refractivity contribution in [2.45, 2.75) is 25.4 Å². The second kappa shape index (κ2) is 7.01. The Labute approximate surface area is 115 Å². The monoisotopic (exact) mass is 264 g/mol. The van der Waals surface area contributed by atoms with Crippen molar-refractivity contribution < 1.29 is 9.59 Å². The minimum atomic E-state index is 0.220. The smallest absolute Gasteiger partial charge is 0.130 e. The van der Waals surface area contributed by atoms with Gasteiger partial charge < -0.3 is 14.9 Å². The van der Waals surface area contributed by atoms with E-state index < -0.39 is 0 Å². The molecule has 1 aliphatic heterocycles. The lowest BCUT2D eigenvalue weighted by Crippen LogP contribution is -2.58. The van der Waals surface area contributed by atoms with E-state index in [-0.39, 0.29) is 6.61 Å². The van der Waals surface area contributed by atoms with E-state index in [1.54, 1.807) is 0 Å². The molecule has 0 amide bonds. The molecule has 1 aromatic carbocycles. The number of aliphatic hydroxyl groups excluding tert-OH is 1. The number of piperidine rings is 1. The number of nitrogens with one attached hydrogen (secondary N) is 1. The highest BCUT2D eigenvalue weighted by Crippen LogP contribution is 2.21. The third kappa shape index (κ3) is 4.01. The van der Waals surface area contributed by atoms with Gasteiger partial charge in [-0.25, -0.2) is 0 Å². The van der Waals surface area contributed by atoms with E-state index in [4.69, 9.17) is 10.8 Å². The van der Waals surface area contributed by atoms with Crippen molar-refractivity contribution in [2.24, 2.45) is 5.73 Å². The number of benzene rings is 1. The molecule has 1 saturated heterocycles. The van der Waals surface area contributed by atoms with Crippen LogP contribution in [0, 0.1) is 0 Å². The summed E-state index contributed by atoms with van der Waals surface area (Å²) in [4.78, 5) is 0. The topological polar surface area (TPSA) is 58.3 Å². The quantitative estimate of drug-likeness (QED) is 0.662. The molecule has 0 unspecified atom stereocenters. The molecule has 106 valence electrons. The normalized spacial score (nSPS) is 27.4. The predicted octanol–water partition coefficient (Wildman–Crippen LogP) is 0.664. The Morgan fingerprint density at radius 1 is 1.21 bits per heavy atom. The van der Waals surface area contributed by atoms with Gasteiger partial charge in [-0.15, -0.1) is 0 Å². The summed E-state index contributed by atoms with van der Waals surface area (Å²) in [7, 11) is 0. The molecule has 4 nitrogen and oxygen atoms in total.